The number of nitrogens with two attached hydrogens (primary N) is 1. The largest absolute Gasteiger partial charge is 0.480 e. The number of carbonyl (C=O) groups excluding carboxylic acids is 1. The summed E-state index contributed by atoms with van der Waals surface area (Å²) in [6.45, 7) is -0.996. The Morgan fingerprint density at radius 3 is 2.45 bits per heavy atom. The summed E-state index contributed by atoms with van der Waals surface area (Å²) in [5.74, 6) is -2.07. The molecule has 0 unspecified atom stereocenters. The zero-order chi connectivity index (χ0) is 8.85. The molecule has 1 amide bonds. The van der Waals surface area contributed by atoms with Gasteiger partial charge in [-0.1, -0.05) is 0 Å². The first-order valence-corrected chi connectivity index (χ1v) is 2.88. The summed E-state index contributed by atoms with van der Waals surface area (Å²) in [6.07, 6.45) is -0.404. The maximum Gasteiger partial charge on any atom is 0.321 e. The van der Waals surface area contributed by atoms with Crippen LogP contribution in [0.4, 0.5) is 4.39 Å². The number of hydrogen-bond acceptors (Lipinski definition) is 3. The van der Waals surface area contributed by atoms with Crippen molar-refractivity contribution in [1.29, 1.82) is 0 Å². The average molecular weight is 164 g/mol. The SMILES string of the molecule is NC(=O)C[C@H](NCF)C(=O)O. The van der Waals surface area contributed by atoms with Gasteiger partial charge in [-0.25, -0.2) is 4.39 Å². The molecule has 0 fully saturated rings. The molecule has 11 heavy (non-hydrogen) atoms. The summed E-state index contributed by atoms with van der Waals surface area (Å²) in [6, 6.07) is -1.22. The number of aliphatic carboxylic acids is 1. The van der Waals surface area contributed by atoms with Gasteiger partial charge >= 0.3 is 5.97 Å². The molecular weight excluding hydrogens is 155 g/mol. The van der Waals surface area contributed by atoms with Crippen LogP contribution in [-0.2, 0) is 9.59 Å². The topological polar surface area (TPSA) is 92.4 Å². The van der Waals surface area contributed by atoms with Crippen molar-refractivity contribution in [3.05, 3.63) is 0 Å². The summed E-state index contributed by atoms with van der Waals surface area (Å²) in [5.41, 5.74) is 4.70. The highest BCUT2D eigenvalue weighted by atomic mass is 19.1. The van der Waals surface area contributed by atoms with Gasteiger partial charge in [-0.2, -0.15) is 0 Å². The number of rotatable bonds is 5. The number of amides is 1. The van der Waals surface area contributed by atoms with E-state index in [4.69, 9.17) is 10.8 Å². The predicted molar refractivity (Wildman–Crippen MR) is 34.3 cm³/mol. The van der Waals surface area contributed by atoms with Crippen molar-refractivity contribution in [3.8, 4) is 0 Å². The number of hydrogen-bond donors (Lipinski definition) is 3. The van der Waals surface area contributed by atoms with E-state index in [1.807, 2.05) is 5.32 Å². The van der Waals surface area contributed by atoms with E-state index < -0.39 is 31.1 Å². The predicted octanol–water partition coefficient (Wildman–Crippen LogP) is -1.17. The Hall–Kier alpha value is -1.17. The first kappa shape index (κ1) is 9.83. The number of alkyl halides is 1. The van der Waals surface area contributed by atoms with E-state index in [9.17, 15) is 14.0 Å². The Labute approximate surface area is 62.4 Å². The van der Waals surface area contributed by atoms with Crippen molar-refractivity contribution in [2.45, 2.75) is 12.5 Å². The van der Waals surface area contributed by atoms with Crippen LogP contribution in [-0.4, -0.2) is 29.8 Å². The first-order chi connectivity index (χ1) is 5.07. The minimum Gasteiger partial charge on any atom is -0.480 e. The van der Waals surface area contributed by atoms with E-state index in [1.54, 1.807) is 0 Å². The van der Waals surface area contributed by atoms with Crippen LogP contribution in [0.5, 0.6) is 0 Å². The maximum absolute atomic E-state index is 11.5. The Morgan fingerprint density at radius 2 is 2.18 bits per heavy atom. The van der Waals surface area contributed by atoms with Crippen molar-refractivity contribution in [3.63, 3.8) is 0 Å². The number of carbonyl (C=O) groups is 2. The monoisotopic (exact) mass is 164 g/mol. The van der Waals surface area contributed by atoms with Crippen LogP contribution in [0, 0.1) is 0 Å². The van der Waals surface area contributed by atoms with Gasteiger partial charge < -0.3 is 10.8 Å². The fourth-order valence-corrected chi connectivity index (χ4v) is 0.541. The first-order valence-electron chi connectivity index (χ1n) is 2.88. The van der Waals surface area contributed by atoms with Crippen LogP contribution in [0.15, 0.2) is 0 Å². The molecule has 0 aliphatic rings. The summed E-state index contributed by atoms with van der Waals surface area (Å²) in [5, 5.41) is 10.3. The molecule has 0 radical (unpaired) electrons. The highest BCUT2D eigenvalue weighted by Crippen LogP contribution is 1.90. The van der Waals surface area contributed by atoms with Crippen LogP contribution < -0.4 is 11.1 Å². The molecule has 0 aliphatic heterocycles. The maximum atomic E-state index is 11.5. The van der Waals surface area contributed by atoms with Crippen molar-refractivity contribution in [1.82, 2.24) is 5.32 Å². The van der Waals surface area contributed by atoms with Crippen LogP contribution in [0.1, 0.15) is 6.42 Å². The number of primary amides is 1. The van der Waals surface area contributed by atoms with Gasteiger partial charge in [0.2, 0.25) is 5.91 Å². The van der Waals surface area contributed by atoms with Gasteiger partial charge in [-0.05, 0) is 0 Å². The smallest absolute Gasteiger partial charge is 0.321 e. The molecule has 0 bridgehead atoms. The van der Waals surface area contributed by atoms with Crippen molar-refractivity contribution >= 4 is 11.9 Å². The minimum atomic E-state index is -1.29. The Bertz CT molecular complexity index is 162. The van der Waals surface area contributed by atoms with Gasteiger partial charge in [-0.15, -0.1) is 0 Å². The molecule has 6 heteroatoms. The van der Waals surface area contributed by atoms with Crippen molar-refractivity contribution in [2.24, 2.45) is 5.73 Å². The lowest BCUT2D eigenvalue weighted by Crippen LogP contribution is -2.39. The second-order valence-electron chi connectivity index (χ2n) is 1.90. The molecule has 0 aliphatic carbocycles. The minimum absolute atomic E-state index is 0.404. The third-order valence-corrected chi connectivity index (χ3v) is 1.03. The zero-order valence-corrected chi connectivity index (χ0v) is 5.71. The average Bonchev–Trinajstić information content (AvgIpc) is 1.86. The van der Waals surface area contributed by atoms with Crippen LogP contribution in [0.3, 0.4) is 0 Å². The molecule has 0 saturated carbocycles. The van der Waals surface area contributed by atoms with Gasteiger partial charge in [0.25, 0.3) is 0 Å². The standard InChI is InChI=1S/C5H9FN2O3/c6-2-8-3(5(10)11)1-4(7)9/h3,8H,1-2H2,(H2,7,9)(H,10,11)/t3-/m0/s1. The molecule has 0 aromatic rings. The molecular formula is C5H9FN2O3. The summed E-state index contributed by atoms with van der Waals surface area (Å²) in [7, 11) is 0. The third kappa shape index (κ3) is 4.26. The summed E-state index contributed by atoms with van der Waals surface area (Å²) < 4.78 is 11.5. The van der Waals surface area contributed by atoms with E-state index in [-0.39, 0.29) is 0 Å². The molecule has 1 atom stereocenters. The fraction of sp³-hybridized carbons (Fsp3) is 0.600. The quantitative estimate of drug-likeness (QED) is 0.446. The number of halogens is 1. The summed E-state index contributed by atoms with van der Waals surface area (Å²) in [4.78, 5) is 20.4. The van der Waals surface area contributed by atoms with E-state index >= 15 is 0 Å². The van der Waals surface area contributed by atoms with Gasteiger partial charge in [-0.3, -0.25) is 14.9 Å². The third-order valence-electron chi connectivity index (χ3n) is 1.03. The van der Waals surface area contributed by atoms with Crippen LogP contribution >= 0.6 is 0 Å². The Kier molecular flexibility index (Phi) is 4.12. The zero-order valence-electron chi connectivity index (χ0n) is 5.71. The molecule has 4 N–H and O–H groups in total. The second-order valence-corrected chi connectivity index (χ2v) is 1.90. The lowest BCUT2D eigenvalue weighted by atomic mass is 10.2. The van der Waals surface area contributed by atoms with Gasteiger partial charge in [0, 0.05) is 0 Å². The lowest BCUT2D eigenvalue weighted by molar-refractivity contribution is -0.141. The van der Waals surface area contributed by atoms with Gasteiger partial charge in [0.05, 0.1) is 6.42 Å². The van der Waals surface area contributed by atoms with Gasteiger partial charge in [0.15, 0.2) is 0 Å². The fourth-order valence-electron chi connectivity index (χ4n) is 0.541. The number of carboxylic acids is 1. The number of nitrogens with one attached hydrogen (secondary N) is 1. The number of carboxylic acid groups (broad SMARTS) is 1. The highest BCUT2D eigenvalue weighted by molar-refractivity contribution is 5.83. The molecule has 0 heterocycles. The van der Waals surface area contributed by atoms with E-state index in [0.717, 1.165) is 0 Å². The highest BCUT2D eigenvalue weighted by Gasteiger charge is 2.18. The summed E-state index contributed by atoms with van der Waals surface area (Å²) >= 11 is 0. The lowest BCUT2D eigenvalue weighted by Gasteiger charge is -2.08. The van der Waals surface area contributed by atoms with E-state index in [0.29, 0.717) is 0 Å². The molecule has 0 saturated heterocycles. The molecule has 0 spiro atoms. The molecule has 0 rings (SSSR count). The molecule has 0 aromatic carbocycles. The van der Waals surface area contributed by atoms with Crippen LogP contribution in [0.2, 0.25) is 0 Å². The molecule has 64 valence electrons. The molecule has 5 nitrogen and oxygen atoms in total. The molecule has 0 aromatic heterocycles. The van der Waals surface area contributed by atoms with Crippen molar-refractivity contribution < 1.29 is 19.1 Å². The van der Waals surface area contributed by atoms with Crippen molar-refractivity contribution in [2.75, 3.05) is 6.80 Å². The van der Waals surface area contributed by atoms with E-state index in [2.05, 4.69) is 0 Å². The Balaban J connectivity index is 3.89. The Morgan fingerprint density at radius 1 is 1.64 bits per heavy atom. The van der Waals surface area contributed by atoms with Gasteiger partial charge in [0.1, 0.15) is 12.8 Å². The van der Waals surface area contributed by atoms with E-state index in [1.165, 1.54) is 0 Å². The normalized spacial score (nSPS) is 12.5. The van der Waals surface area contributed by atoms with Crippen LogP contribution in [0.25, 0.3) is 0 Å². The second kappa shape index (κ2) is 4.62.